The molecule has 0 aliphatic rings. The molecule has 0 saturated carbocycles. The Bertz CT molecular complexity index is 1050. The molecule has 1 amide bonds. The summed E-state index contributed by atoms with van der Waals surface area (Å²) < 4.78 is 13.9. The highest BCUT2D eigenvalue weighted by atomic mass is 32.1. The van der Waals surface area contributed by atoms with E-state index in [0.717, 1.165) is 32.7 Å². The predicted molar refractivity (Wildman–Crippen MR) is 113 cm³/mol. The van der Waals surface area contributed by atoms with Gasteiger partial charge in [-0.1, -0.05) is 35.1 Å². The minimum absolute atomic E-state index is 0.142. The van der Waals surface area contributed by atoms with Gasteiger partial charge < -0.3 is 14.0 Å². The summed E-state index contributed by atoms with van der Waals surface area (Å²) in [6.07, 6.45) is 0.302. The van der Waals surface area contributed by atoms with E-state index in [1.54, 1.807) is 7.11 Å². The van der Waals surface area contributed by atoms with Gasteiger partial charge in [0.2, 0.25) is 0 Å². The molecule has 0 N–H and O–H groups in total. The van der Waals surface area contributed by atoms with Crippen LogP contribution in [-0.4, -0.2) is 30.8 Å². The highest BCUT2D eigenvalue weighted by Gasteiger charge is 2.11. The van der Waals surface area contributed by atoms with Crippen LogP contribution in [0.25, 0.3) is 10.2 Å². The van der Waals surface area contributed by atoms with Crippen molar-refractivity contribution in [2.24, 2.45) is 4.99 Å². The van der Waals surface area contributed by atoms with Gasteiger partial charge in [-0.3, -0.25) is 4.79 Å². The van der Waals surface area contributed by atoms with Crippen molar-refractivity contribution in [1.29, 1.82) is 0 Å². The molecule has 148 valence electrons. The number of ether oxygens (including phenoxy) is 2. The highest BCUT2D eigenvalue weighted by molar-refractivity contribution is 7.16. The molecule has 1 heterocycles. The average molecular weight is 399 g/mol. The fourth-order valence-corrected chi connectivity index (χ4v) is 4.20. The predicted octanol–water partition coefficient (Wildman–Crippen LogP) is 4.03. The quantitative estimate of drug-likeness (QED) is 0.604. The number of hydrogen-bond donors (Lipinski definition) is 0. The first-order valence-electron chi connectivity index (χ1n) is 9.40. The molecular weight excluding hydrogens is 372 g/mol. The zero-order valence-corrected chi connectivity index (χ0v) is 17.6. The van der Waals surface area contributed by atoms with E-state index in [4.69, 9.17) is 9.47 Å². The van der Waals surface area contributed by atoms with E-state index in [9.17, 15) is 4.79 Å². The molecule has 2 aromatic carbocycles. The van der Waals surface area contributed by atoms with Crippen LogP contribution in [0.2, 0.25) is 0 Å². The summed E-state index contributed by atoms with van der Waals surface area (Å²) in [6, 6.07) is 12.1. The number of fused-ring (bicyclic) bond motifs is 1. The molecule has 28 heavy (non-hydrogen) atoms. The van der Waals surface area contributed by atoms with Crippen LogP contribution in [0.3, 0.4) is 0 Å². The van der Waals surface area contributed by atoms with Crippen molar-refractivity contribution in [2.45, 2.75) is 33.7 Å². The highest BCUT2D eigenvalue weighted by Crippen LogP contribution is 2.23. The van der Waals surface area contributed by atoms with E-state index >= 15 is 0 Å². The Balaban J connectivity index is 1.99. The minimum Gasteiger partial charge on any atom is -0.494 e. The Morgan fingerprint density at radius 2 is 2.00 bits per heavy atom. The van der Waals surface area contributed by atoms with Crippen molar-refractivity contribution in [1.82, 2.24) is 4.57 Å². The summed E-state index contributed by atoms with van der Waals surface area (Å²) in [5.74, 6) is 0.680. The number of hydrogen-bond acceptors (Lipinski definition) is 4. The fourth-order valence-electron chi connectivity index (χ4n) is 3.09. The average Bonchev–Trinajstić information content (AvgIpc) is 2.99. The number of nitrogens with zero attached hydrogens (tertiary/aromatic N) is 2. The minimum atomic E-state index is -0.142. The van der Waals surface area contributed by atoms with Crippen molar-refractivity contribution < 1.29 is 14.3 Å². The second-order valence-corrected chi connectivity index (χ2v) is 7.71. The second-order valence-electron chi connectivity index (χ2n) is 6.70. The number of amides is 1. The van der Waals surface area contributed by atoms with Gasteiger partial charge in [0, 0.05) is 13.7 Å². The standard InChI is InChI=1S/C22H26N2O3S/c1-5-27-18-8-9-19-20(14-18)28-22(24(19)10-11-26-4)23-21(25)13-17-12-15(2)6-7-16(17)3/h6-9,12,14H,5,10-11,13H2,1-4H3. The number of aryl methyl sites for hydroxylation is 2. The molecular formula is C22H26N2O3S. The van der Waals surface area contributed by atoms with Crippen molar-refractivity contribution >= 4 is 27.5 Å². The van der Waals surface area contributed by atoms with Gasteiger partial charge in [-0.2, -0.15) is 4.99 Å². The molecule has 0 saturated heterocycles. The molecule has 0 atom stereocenters. The van der Waals surface area contributed by atoms with Crippen molar-refractivity contribution in [3.63, 3.8) is 0 Å². The number of thiazole rings is 1. The maximum atomic E-state index is 12.7. The van der Waals surface area contributed by atoms with Crippen LogP contribution in [0.1, 0.15) is 23.6 Å². The van der Waals surface area contributed by atoms with Gasteiger partial charge in [0.05, 0.1) is 29.9 Å². The Hall–Kier alpha value is -2.44. The van der Waals surface area contributed by atoms with Gasteiger partial charge >= 0.3 is 0 Å². The third kappa shape index (κ3) is 4.69. The van der Waals surface area contributed by atoms with Gasteiger partial charge in [0.25, 0.3) is 5.91 Å². The number of benzene rings is 2. The second kappa shape index (κ2) is 9.17. The maximum absolute atomic E-state index is 12.7. The van der Waals surface area contributed by atoms with Gasteiger partial charge in [0.1, 0.15) is 5.75 Å². The molecule has 0 fully saturated rings. The number of carbonyl (C=O) groups excluding carboxylic acids is 1. The molecule has 3 rings (SSSR count). The molecule has 6 heteroatoms. The van der Waals surface area contributed by atoms with Gasteiger partial charge in [-0.25, -0.2) is 0 Å². The van der Waals surface area contributed by atoms with Crippen LogP contribution in [0, 0.1) is 13.8 Å². The van der Waals surface area contributed by atoms with Crippen molar-refractivity contribution in [3.8, 4) is 5.75 Å². The zero-order chi connectivity index (χ0) is 20.1. The number of rotatable bonds is 7. The third-order valence-electron chi connectivity index (χ3n) is 4.55. The summed E-state index contributed by atoms with van der Waals surface area (Å²) in [4.78, 5) is 17.8. The summed E-state index contributed by atoms with van der Waals surface area (Å²) in [6.45, 7) is 7.83. The third-order valence-corrected chi connectivity index (χ3v) is 5.59. The lowest BCUT2D eigenvalue weighted by Crippen LogP contribution is -2.19. The van der Waals surface area contributed by atoms with E-state index in [2.05, 4.69) is 17.1 Å². The molecule has 0 aliphatic carbocycles. The largest absolute Gasteiger partial charge is 0.494 e. The van der Waals surface area contributed by atoms with Crippen molar-refractivity contribution in [2.75, 3.05) is 20.3 Å². The van der Waals surface area contributed by atoms with Gasteiger partial charge in [-0.05, 0) is 50.1 Å². The van der Waals surface area contributed by atoms with E-state index in [1.807, 2.05) is 49.6 Å². The maximum Gasteiger partial charge on any atom is 0.252 e. The lowest BCUT2D eigenvalue weighted by atomic mass is 10.0. The Morgan fingerprint density at radius 1 is 1.18 bits per heavy atom. The molecule has 1 aromatic heterocycles. The molecule has 0 unspecified atom stereocenters. The van der Waals surface area contributed by atoms with Crippen LogP contribution in [-0.2, 0) is 22.5 Å². The van der Waals surface area contributed by atoms with Crippen LogP contribution >= 0.6 is 11.3 Å². The summed E-state index contributed by atoms with van der Waals surface area (Å²) in [5.41, 5.74) is 4.31. The molecule has 0 bridgehead atoms. The Labute approximate surface area is 169 Å². The number of aromatic nitrogens is 1. The van der Waals surface area contributed by atoms with E-state index in [0.29, 0.717) is 31.0 Å². The Morgan fingerprint density at radius 3 is 2.75 bits per heavy atom. The van der Waals surface area contributed by atoms with Crippen LogP contribution in [0.4, 0.5) is 0 Å². The molecule has 0 radical (unpaired) electrons. The topological polar surface area (TPSA) is 52.8 Å². The van der Waals surface area contributed by atoms with E-state index in [1.165, 1.54) is 11.3 Å². The first kappa shape index (κ1) is 20.3. The fraction of sp³-hybridized carbons (Fsp3) is 0.364. The number of carbonyl (C=O) groups is 1. The lowest BCUT2D eigenvalue weighted by molar-refractivity contribution is -0.117. The first-order valence-corrected chi connectivity index (χ1v) is 10.2. The normalized spacial score (nSPS) is 11.9. The molecule has 3 aromatic rings. The molecule has 0 spiro atoms. The van der Waals surface area contributed by atoms with E-state index < -0.39 is 0 Å². The van der Waals surface area contributed by atoms with E-state index in [-0.39, 0.29) is 5.91 Å². The monoisotopic (exact) mass is 398 g/mol. The zero-order valence-electron chi connectivity index (χ0n) is 16.8. The summed E-state index contributed by atoms with van der Waals surface area (Å²) in [5, 5.41) is 0. The first-order chi connectivity index (χ1) is 13.5. The van der Waals surface area contributed by atoms with Gasteiger partial charge in [0.15, 0.2) is 4.80 Å². The SMILES string of the molecule is CCOc1ccc2c(c1)sc(=NC(=O)Cc1cc(C)ccc1C)n2CCOC. The van der Waals surface area contributed by atoms with Gasteiger partial charge in [-0.15, -0.1) is 0 Å². The van der Waals surface area contributed by atoms with Crippen LogP contribution < -0.4 is 9.54 Å². The molecule has 0 aliphatic heterocycles. The number of methoxy groups -OCH3 is 1. The summed E-state index contributed by atoms with van der Waals surface area (Å²) >= 11 is 1.50. The van der Waals surface area contributed by atoms with Crippen molar-refractivity contribution in [3.05, 3.63) is 57.9 Å². The smallest absolute Gasteiger partial charge is 0.252 e. The lowest BCUT2D eigenvalue weighted by Gasteiger charge is -2.06. The van der Waals surface area contributed by atoms with Crippen LogP contribution in [0.15, 0.2) is 41.4 Å². The van der Waals surface area contributed by atoms with Crippen LogP contribution in [0.5, 0.6) is 5.75 Å². The summed E-state index contributed by atoms with van der Waals surface area (Å²) in [7, 11) is 1.67. The molecule has 5 nitrogen and oxygen atoms in total. The Kier molecular flexibility index (Phi) is 6.65.